The van der Waals surface area contributed by atoms with Crippen molar-refractivity contribution in [3.8, 4) is 5.75 Å². The van der Waals surface area contributed by atoms with Gasteiger partial charge < -0.3 is 29.9 Å². The van der Waals surface area contributed by atoms with Gasteiger partial charge in [0.05, 0.1) is 11.7 Å². The fourth-order valence-corrected chi connectivity index (χ4v) is 1.88. The van der Waals surface area contributed by atoms with E-state index in [0.29, 0.717) is 0 Å². The Morgan fingerprint density at radius 2 is 1.70 bits per heavy atom. The zero-order valence-corrected chi connectivity index (χ0v) is 10.7. The third-order valence-electron chi connectivity index (χ3n) is 3.13. The number of ether oxygens (including phenoxy) is 2. The Morgan fingerprint density at radius 1 is 1.10 bits per heavy atom. The minimum atomic E-state index is -1.54. The number of rotatable bonds is 2. The minimum Gasteiger partial charge on any atom is -0.508 e. The minimum absolute atomic E-state index is 0.00247. The third-order valence-corrected chi connectivity index (χ3v) is 3.13. The number of aromatic hydroxyl groups is 1. The van der Waals surface area contributed by atoms with Crippen LogP contribution in [0.5, 0.6) is 5.75 Å². The summed E-state index contributed by atoms with van der Waals surface area (Å²) in [4.78, 5) is 11.8. The van der Waals surface area contributed by atoms with Gasteiger partial charge in [-0.05, 0) is 31.2 Å². The molecule has 0 amide bonds. The molecule has 1 aromatic rings. The van der Waals surface area contributed by atoms with E-state index in [4.69, 9.17) is 14.6 Å². The van der Waals surface area contributed by atoms with Crippen molar-refractivity contribution in [1.82, 2.24) is 0 Å². The highest BCUT2D eigenvalue weighted by Gasteiger charge is 2.43. The van der Waals surface area contributed by atoms with Gasteiger partial charge in [-0.15, -0.1) is 0 Å². The molecule has 4 unspecified atom stereocenters. The van der Waals surface area contributed by atoms with Crippen LogP contribution in [0.4, 0.5) is 0 Å². The lowest BCUT2D eigenvalue weighted by atomic mass is 10.00. The first kappa shape index (κ1) is 14.7. The number of hydrogen-bond donors (Lipinski definition) is 4. The van der Waals surface area contributed by atoms with Crippen LogP contribution in [0.15, 0.2) is 24.3 Å². The van der Waals surface area contributed by atoms with Crippen LogP contribution < -0.4 is 0 Å². The second kappa shape index (κ2) is 5.76. The number of carbonyl (C=O) groups excluding carboxylic acids is 1. The standard InChI is InChI=1S/C13H16O7/c1-6-9(15)10(16)11(17)13(19-6)20-12(18)7-2-4-8(14)5-3-7/h2-6,9-11,13-17H,1H3/t6?,9?,10-,11?,13?/m0/s1. The van der Waals surface area contributed by atoms with Gasteiger partial charge in [0.25, 0.3) is 0 Å². The van der Waals surface area contributed by atoms with Crippen LogP contribution in [0.25, 0.3) is 0 Å². The topological polar surface area (TPSA) is 116 Å². The van der Waals surface area contributed by atoms with Gasteiger partial charge >= 0.3 is 5.97 Å². The molecule has 1 fully saturated rings. The maximum Gasteiger partial charge on any atom is 0.340 e. The first-order valence-corrected chi connectivity index (χ1v) is 6.10. The van der Waals surface area contributed by atoms with Gasteiger partial charge in [0.2, 0.25) is 6.29 Å². The maximum absolute atomic E-state index is 11.8. The lowest BCUT2D eigenvalue weighted by Crippen LogP contribution is -2.57. The maximum atomic E-state index is 11.8. The molecule has 20 heavy (non-hydrogen) atoms. The fraction of sp³-hybridized carbons (Fsp3) is 0.462. The number of phenols is 1. The van der Waals surface area contributed by atoms with Crippen LogP contribution in [0.3, 0.4) is 0 Å². The number of esters is 1. The van der Waals surface area contributed by atoms with Crippen molar-refractivity contribution in [3.05, 3.63) is 29.8 Å². The molecule has 7 heteroatoms. The lowest BCUT2D eigenvalue weighted by Gasteiger charge is -2.38. The van der Waals surface area contributed by atoms with E-state index in [1.165, 1.54) is 31.2 Å². The zero-order valence-electron chi connectivity index (χ0n) is 10.7. The van der Waals surface area contributed by atoms with Crippen molar-refractivity contribution in [2.75, 3.05) is 0 Å². The average molecular weight is 284 g/mol. The van der Waals surface area contributed by atoms with E-state index in [-0.39, 0.29) is 11.3 Å². The summed E-state index contributed by atoms with van der Waals surface area (Å²) in [6.07, 6.45) is -6.41. The highest BCUT2D eigenvalue weighted by molar-refractivity contribution is 5.89. The van der Waals surface area contributed by atoms with E-state index in [9.17, 15) is 20.1 Å². The van der Waals surface area contributed by atoms with Crippen LogP contribution in [-0.4, -0.2) is 57.1 Å². The highest BCUT2D eigenvalue weighted by Crippen LogP contribution is 2.23. The summed E-state index contributed by atoms with van der Waals surface area (Å²) < 4.78 is 10.1. The molecule has 0 spiro atoms. The first-order valence-electron chi connectivity index (χ1n) is 6.10. The average Bonchev–Trinajstić information content (AvgIpc) is 2.43. The van der Waals surface area contributed by atoms with E-state index in [2.05, 4.69) is 0 Å². The summed E-state index contributed by atoms with van der Waals surface area (Å²) in [7, 11) is 0. The molecule has 0 aliphatic carbocycles. The van der Waals surface area contributed by atoms with Crippen molar-refractivity contribution in [2.45, 2.75) is 37.6 Å². The fourth-order valence-electron chi connectivity index (χ4n) is 1.88. The van der Waals surface area contributed by atoms with Crippen molar-refractivity contribution >= 4 is 5.97 Å². The molecule has 1 aliphatic rings. The summed E-state index contributed by atoms with van der Waals surface area (Å²) in [5, 5.41) is 38.0. The molecule has 0 saturated carbocycles. The van der Waals surface area contributed by atoms with Crippen molar-refractivity contribution in [3.63, 3.8) is 0 Å². The normalized spacial score (nSPS) is 33.7. The Labute approximate surface area is 115 Å². The second-order valence-corrected chi connectivity index (χ2v) is 4.63. The molecule has 1 saturated heterocycles. The third kappa shape index (κ3) is 2.91. The largest absolute Gasteiger partial charge is 0.508 e. The molecular formula is C13H16O7. The molecule has 1 aromatic carbocycles. The van der Waals surface area contributed by atoms with E-state index < -0.39 is 36.7 Å². The van der Waals surface area contributed by atoms with E-state index >= 15 is 0 Å². The molecule has 110 valence electrons. The molecule has 0 bridgehead atoms. The van der Waals surface area contributed by atoms with E-state index in [1.54, 1.807) is 0 Å². The van der Waals surface area contributed by atoms with Gasteiger partial charge in [0.1, 0.15) is 24.1 Å². The molecule has 1 heterocycles. The number of phenolic OH excluding ortho intramolecular Hbond substituents is 1. The van der Waals surface area contributed by atoms with Crippen LogP contribution in [0.2, 0.25) is 0 Å². The van der Waals surface area contributed by atoms with Gasteiger partial charge in [-0.3, -0.25) is 0 Å². The van der Waals surface area contributed by atoms with Gasteiger partial charge in [-0.1, -0.05) is 0 Å². The summed E-state index contributed by atoms with van der Waals surface area (Å²) >= 11 is 0. The quantitative estimate of drug-likeness (QED) is 0.535. The van der Waals surface area contributed by atoms with Gasteiger partial charge in [-0.2, -0.15) is 0 Å². The first-order chi connectivity index (χ1) is 9.40. The zero-order chi connectivity index (χ0) is 14.9. The predicted octanol–water partition coefficient (Wildman–Crippen LogP) is -0.624. The number of benzene rings is 1. The summed E-state index contributed by atoms with van der Waals surface area (Å²) in [6, 6.07) is 5.33. The summed E-state index contributed by atoms with van der Waals surface area (Å²) in [5.74, 6) is -0.771. The van der Waals surface area contributed by atoms with Crippen LogP contribution in [0.1, 0.15) is 17.3 Å². The second-order valence-electron chi connectivity index (χ2n) is 4.63. The van der Waals surface area contributed by atoms with Crippen LogP contribution in [-0.2, 0) is 9.47 Å². The Hall–Kier alpha value is -1.67. The van der Waals surface area contributed by atoms with Crippen molar-refractivity contribution in [1.29, 1.82) is 0 Å². The molecule has 0 radical (unpaired) electrons. The van der Waals surface area contributed by atoms with E-state index in [0.717, 1.165) is 0 Å². The van der Waals surface area contributed by atoms with Crippen LogP contribution >= 0.6 is 0 Å². The van der Waals surface area contributed by atoms with Gasteiger partial charge in [0.15, 0.2) is 0 Å². The Balaban J connectivity index is 2.05. The Morgan fingerprint density at radius 3 is 2.30 bits per heavy atom. The number of carbonyl (C=O) groups is 1. The molecular weight excluding hydrogens is 268 g/mol. The molecule has 2 rings (SSSR count). The van der Waals surface area contributed by atoms with Gasteiger partial charge in [0, 0.05) is 0 Å². The highest BCUT2D eigenvalue weighted by atomic mass is 16.7. The number of aliphatic hydroxyl groups excluding tert-OH is 3. The Bertz CT molecular complexity index is 472. The summed E-state index contributed by atoms with van der Waals surface area (Å²) in [5.41, 5.74) is 0.159. The number of hydrogen-bond acceptors (Lipinski definition) is 7. The van der Waals surface area contributed by atoms with Crippen molar-refractivity contribution in [2.24, 2.45) is 0 Å². The van der Waals surface area contributed by atoms with Crippen molar-refractivity contribution < 1.29 is 34.7 Å². The van der Waals surface area contributed by atoms with Crippen LogP contribution in [0, 0.1) is 0 Å². The molecule has 4 N–H and O–H groups in total. The van der Waals surface area contributed by atoms with Gasteiger partial charge in [-0.25, -0.2) is 4.79 Å². The molecule has 0 aromatic heterocycles. The lowest BCUT2D eigenvalue weighted by molar-refractivity contribution is -0.276. The smallest absolute Gasteiger partial charge is 0.340 e. The molecule has 5 atom stereocenters. The SMILES string of the molecule is CC1OC(OC(=O)c2ccc(O)cc2)C(O)[C@@H](O)C1O. The molecule has 1 aliphatic heterocycles. The van der Waals surface area contributed by atoms with E-state index in [1.807, 2.05) is 0 Å². The monoisotopic (exact) mass is 284 g/mol. The predicted molar refractivity (Wildman–Crippen MR) is 65.9 cm³/mol. The Kier molecular flexibility index (Phi) is 4.24. The number of aliphatic hydroxyl groups is 3. The summed E-state index contributed by atoms with van der Waals surface area (Å²) in [6.45, 7) is 1.49. The molecule has 7 nitrogen and oxygen atoms in total.